The van der Waals surface area contributed by atoms with E-state index in [0.29, 0.717) is 18.7 Å². The summed E-state index contributed by atoms with van der Waals surface area (Å²) in [6.45, 7) is 0.567. The summed E-state index contributed by atoms with van der Waals surface area (Å²) in [7, 11) is 3.36. The number of quaternary nitrogens is 1. The molecule has 0 amide bonds. The number of aromatic nitrogens is 1. The van der Waals surface area contributed by atoms with Crippen LogP contribution in [0.1, 0.15) is 23.6 Å². The average molecular weight is 451 g/mol. The number of carbonyl (C=O) groups is 2. The Bertz CT molecular complexity index is 770. The first kappa shape index (κ1) is 23.5. The van der Waals surface area contributed by atoms with E-state index in [4.69, 9.17) is 10.2 Å². The summed E-state index contributed by atoms with van der Waals surface area (Å²) in [5.74, 6) is -2.35. The summed E-state index contributed by atoms with van der Waals surface area (Å²) >= 11 is 3.45. The van der Waals surface area contributed by atoms with Crippen molar-refractivity contribution < 1.29 is 24.4 Å². The van der Waals surface area contributed by atoms with Crippen LogP contribution in [-0.4, -0.2) is 52.4 Å². The summed E-state index contributed by atoms with van der Waals surface area (Å²) in [6.07, 6.45) is 3.71. The third-order valence-electron chi connectivity index (χ3n) is 3.64. The highest BCUT2D eigenvalue weighted by molar-refractivity contribution is 9.10. The Hall–Kier alpha value is -2.55. The second kappa shape index (κ2) is 11.3. The van der Waals surface area contributed by atoms with Crippen molar-refractivity contribution in [2.45, 2.75) is 12.3 Å². The van der Waals surface area contributed by atoms with Crippen LogP contribution in [0.2, 0.25) is 0 Å². The summed E-state index contributed by atoms with van der Waals surface area (Å²) in [5, 5.41) is 27.5. The molecule has 0 radical (unpaired) electrons. The molecular formula is C20H23BrN2O5. The highest BCUT2D eigenvalue weighted by Gasteiger charge is 2.18. The summed E-state index contributed by atoms with van der Waals surface area (Å²) < 4.78 is 0.779. The maximum Gasteiger partial charge on any atom is 0.328 e. The Morgan fingerprint density at radius 3 is 2.11 bits per heavy atom. The van der Waals surface area contributed by atoms with Gasteiger partial charge in [-0.05, 0) is 29.8 Å². The smallest absolute Gasteiger partial charge is 0.328 e. The van der Waals surface area contributed by atoms with E-state index in [1.54, 1.807) is 20.3 Å². The van der Waals surface area contributed by atoms with Crippen LogP contribution in [0.3, 0.4) is 0 Å². The number of hydrogen-bond acceptors (Lipinski definition) is 4. The number of carboxylic acid groups (broad SMARTS) is 2. The number of hydroxylamine groups is 3. The molecular weight excluding hydrogens is 428 g/mol. The zero-order valence-electron chi connectivity index (χ0n) is 15.7. The Kier molecular flexibility index (Phi) is 9.50. The molecule has 2 aromatic rings. The van der Waals surface area contributed by atoms with Gasteiger partial charge >= 0.3 is 11.9 Å². The first-order valence-electron chi connectivity index (χ1n) is 8.43. The molecule has 0 spiro atoms. The Balaban J connectivity index is 0.000000416. The van der Waals surface area contributed by atoms with E-state index in [0.717, 1.165) is 16.6 Å². The number of aliphatic carboxylic acids is 2. The lowest BCUT2D eigenvalue weighted by atomic mass is 9.92. The molecule has 7 nitrogen and oxygen atoms in total. The normalized spacial score (nSPS) is 12.1. The van der Waals surface area contributed by atoms with E-state index in [2.05, 4.69) is 33.0 Å². The van der Waals surface area contributed by atoms with E-state index in [1.165, 1.54) is 5.56 Å². The second-order valence-electron chi connectivity index (χ2n) is 6.45. The van der Waals surface area contributed by atoms with Crippen LogP contribution < -0.4 is 0 Å². The van der Waals surface area contributed by atoms with E-state index in [9.17, 15) is 14.8 Å². The molecule has 0 aliphatic heterocycles. The fourth-order valence-corrected chi connectivity index (χ4v) is 2.61. The van der Waals surface area contributed by atoms with Crippen LogP contribution >= 0.6 is 15.9 Å². The third kappa shape index (κ3) is 9.96. The molecule has 0 saturated heterocycles. The van der Waals surface area contributed by atoms with Crippen molar-refractivity contribution in [3.63, 3.8) is 0 Å². The zero-order chi connectivity index (χ0) is 21.2. The van der Waals surface area contributed by atoms with Crippen LogP contribution in [0, 0.1) is 5.21 Å². The summed E-state index contributed by atoms with van der Waals surface area (Å²) in [6, 6.07) is 14.2. The van der Waals surface area contributed by atoms with Gasteiger partial charge in [-0.15, -0.1) is 0 Å². The lowest BCUT2D eigenvalue weighted by molar-refractivity contribution is -0.840. The molecule has 1 aromatic heterocycles. The lowest BCUT2D eigenvalue weighted by Crippen LogP contribution is -2.34. The van der Waals surface area contributed by atoms with Gasteiger partial charge in [0.25, 0.3) is 0 Å². The number of hydrogen-bond donors (Lipinski definition) is 2. The minimum Gasteiger partial charge on any atom is -0.633 e. The van der Waals surface area contributed by atoms with Gasteiger partial charge in [-0.2, -0.15) is 0 Å². The first-order valence-corrected chi connectivity index (χ1v) is 9.22. The molecule has 1 heterocycles. The number of carboxylic acids is 2. The Labute approximate surface area is 172 Å². The molecule has 150 valence electrons. The van der Waals surface area contributed by atoms with Crippen molar-refractivity contribution in [1.29, 1.82) is 0 Å². The van der Waals surface area contributed by atoms with E-state index < -0.39 is 11.9 Å². The van der Waals surface area contributed by atoms with Gasteiger partial charge in [0.1, 0.15) is 0 Å². The van der Waals surface area contributed by atoms with Crippen LogP contribution in [0.15, 0.2) is 65.3 Å². The number of pyridine rings is 1. The van der Waals surface area contributed by atoms with E-state index in [1.807, 2.05) is 30.3 Å². The Morgan fingerprint density at radius 2 is 1.68 bits per heavy atom. The van der Waals surface area contributed by atoms with E-state index in [-0.39, 0.29) is 10.6 Å². The molecule has 0 fully saturated rings. The van der Waals surface area contributed by atoms with Crippen molar-refractivity contribution in [3.8, 4) is 0 Å². The quantitative estimate of drug-likeness (QED) is 0.378. The zero-order valence-corrected chi connectivity index (χ0v) is 17.2. The third-order valence-corrected chi connectivity index (χ3v) is 4.17. The van der Waals surface area contributed by atoms with Crippen LogP contribution in [0.4, 0.5) is 0 Å². The maximum absolute atomic E-state index is 11.8. The minimum atomic E-state index is -1.26. The van der Waals surface area contributed by atoms with Crippen molar-refractivity contribution in [2.24, 2.45) is 0 Å². The lowest BCUT2D eigenvalue weighted by Gasteiger charge is -2.35. The summed E-state index contributed by atoms with van der Waals surface area (Å²) in [4.78, 5) is 23.6. The molecule has 0 saturated carbocycles. The highest BCUT2D eigenvalue weighted by atomic mass is 79.9. The highest BCUT2D eigenvalue weighted by Crippen LogP contribution is 2.28. The van der Waals surface area contributed by atoms with Crippen LogP contribution in [-0.2, 0) is 9.59 Å². The SMILES string of the molecule is C[N+](C)([O-])CCC(c1ccc(Br)cc1)c1ccccn1.O=C(O)/C=C\C(=O)O. The van der Waals surface area contributed by atoms with E-state index >= 15 is 0 Å². The molecule has 28 heavy (non-hydrogen) atoms. The van der Waals surface area contributed by atoms with Crippen LogP contribution in [0.25, 0.3) is 0 Å². The van der Waals surface area contributed by atoms with Gasteiger partial charge in [0.15, 0.2) is 0 Å². The molecule has 0 bridgehead atoms. The maximum atomic E-state index is 11.8. The van der Waals surface area contributed by atoms with Crippen molar-refractivity contribution in [2.75, 3.05) is 20.6 Å². The van der Waals surface area contributed by atoms with Gasteiger partial charge in [0, 0.05) is 40.9 Å². The molecule has 2 rings (SSSR count). The molecule has 0 aliphatic rings. The Morgan fingerprint density at radius 1 is 1.11 bits per heavy atom. The van der Waals surface area contributed by atoms with Gasteiger partial charge in [0.05, 0.1) is 20.6 Å². The summed E-state index contributed by atoms with van der Waals surface area (Å²) in [5.41, 5.74) is 2.21. The van der Waals surface area contributed by atoms with Gasteiger partial charge < -0.3 is 20.1 Å². The predicted octanol–water partition coefficient (Wildman–Crippen LogP) is 3.65. The molecule has 1 unspecified atom stereocenters. The topological polar surface area (TPSA) is 111 Å². The van der Waals surface area contributed by atoms with Gasteiger partial charge in [-0.1, -0.05) is 34.1 Å². The first-order chi connectivity index (χ1) is 13.1. The number of benzene rings is 1. The van der Waals surface area contributed by atoms with Crippen molar-refractivity contribution in [1.82, 2.24) is 4.98 Å². The van der Waals surface area contributed by atoms with Crippen LogP contribution in [0.5, 0.6) is 0 Å². The van der Waals surface area contributed by atoms with Crippen molar-refractivity contribution in [3.05, 3.63) is 81.8 Å². The molecule has 1 atom stereocenters. The monoisotopic (exact) mass is 450 g/mol. The number of halogens is 1. The molecule has 0 aliphatic carbocycles. The van der Waals surface area contributed by atoms with Crippen molar-refractivity contribution >= 4 is 27.9 Å². The standard InChI is InChI=1S/C16H19BrN2O.C4H4O4/c1-19(2,20)12-10-15(16-5-3-4-11-18-16)13-6-8-14(17)9-7-13;5-3(6)1-2-4(7)8/h3-9,11,15H,10,12H2,1-2H3;1-2H,(H,5,6)(H,7,8)/b;2-1-. The van der Waals surface area contributed by atoms with Gasteiger partial charge in [0.2, 0.25) is 0 Å². The molecule has 1 aromatic carbocycles. The molecule has 8 heteroatoms. The van der Waals surface area contributed by atoms with Gasteiger partial charge in [-0.25, -0.2) is 9.59 Å². The number of rotatable bonds is 7. The predicted molar refractivity (Wildman–Crippen MR) is 110 cm³/mol. The number of nitrogens with zero attached hydrogens (tertiary/aromatic N) is 2. The largest absolute Gasteiger partial charge is 0.633 e. The fourth-order valence-electron chi connectivity index (χ4n) is 2.35. The minimum absolute atomic E-state index is 0.163. The molecule has 2 N–H and O–H groups in total. The van der Waals surface area contributed by atoms with Gasteiger partial charge in [-0.3, -0.25) is 4.98 Å². The fraction of sp³-hybridized carbons (Fsp3) is 0.250. The average Bonchev–Trinajstić information content (AvgIpc) is 2.62. The second-order valence-corrected chi connectivity index (χ2v) is 7.37.